The molecular weight excluding hydrogens is 438 g/mol. The Hall–Kier alpha value is -3.61. The van der Waals surface area contributed by atoms with Crippen LogP contribution in [0.25, 0.3) is 5.57 Å². The van der Waals surface area contributed by atoms with E-state index in [0.29, 0.717) is 48.1 Å². The zero-order chi connectivity index (χ0) is 24.9. The van der Waals surface area contributed by atoms with E-state index in [4.69, 9.17) is 10.1 Å². The summed E-state index contributed by atoms with van der Waals surface area (Å²) in [5.41, 5.74) is 5.97. The molecule has 2 bridgehead atoms. The lowest BCUT2D eigenvalue weighted by molar-refractivity contribution is 0.0983. The maximum absolute atomic E-state index is 13.1. The molecule has 2 aliphatic heterocycles. The van der Waals surface area contributed by atoms with Crippen molar-refractivity contribution in [3.05, 3.63) is 70.6 Å². The van der Waals surface area contributed by atoms with Crippen LogP contribution in [0.15, 0.2) is 48.1 Å². The van der Waals surface area contributed by atoms with E-state index < -0.39 is 0 Å². The highest BCUT2D eigenvalue weighted by Crippen LogP contribution is 2.38. The fourth-order valence-electron chi connectivity index (χ4n) is 4.67. The molecule has 0 aliphatic carbocycles. The average molecular weight is 474 g/mol. The number of hydrogen-bond donors (Lipinski definition) is 3. The van der Waals surface area contributed by atoms with Crippen molar-refractivity contribution in [3.8, 4) is 0 Å². The summed E-state index contributed by atoms with van der Waals surface area (Å²) in [6.07, 6.45) is 6.30. The number of ether oxygens (including phenoxy) is 1. The average Bonchev–Trinajstić information content (AvgIpc) is 3.16. The molecule has 184 valence electrons. The monoisotopic (exact) mass is 473 g/mol. The third-order valence-corrected chi connectivity index (χ3v) is 6.46. The van der Waals surface area contributed by atoms with Crippen molar-refractivity contribution in [1.82, 2.24) is 10.3 Å². The molecule has 4 rings (SSSR count). The van der Waals surface area contributed by atoms with Gasteiger partial charge in [0.1, 0.15) is 5.82 Å². The molecule has 0 amide bonds. The van der Waals surface area contributed by atoms with E-state index in [1.807, 2.05) is 13.0 Å². The van der Waals surface area contributed by atoms with E-state index in [-0.39, 0.29) is 5.78 Å². The van der Waals surface area contributed by atoms with E-state index in [2.05, 4.69) is 58.6 Å². The third-order valence-electron chi connectivity index (χ3n) is 6.46. The summed E-state index contributed by atoms with van der Waals surface area (Å²) in [5.74, 6) is 2.05. The predicted octanol–water partition coefficient (Wildman–Crippen LogP) is 5.42. The molecule has 2 aromatic rings. The van der Waals surface area contributed by atoms with Crippen LogP contribution in [-0.4, -0.2) is 37.2 Å². The first-order valence-electron chi connectivity index (χ1n) is 12.3. The molecule has 3 N–H and O–H groups in total. The molecule has 0 radical (unpaired) electrons. The van der Waals surface area contributed by atoms with E-state index >= 15 is 0 Å². The first-order chi connectivity index (χ1) is 16.9. The minimum atomic E-state index is 0.0560. The summed E-state index contributed by atoms with van der Waals surface area (Å²) < 4.78 is 6.05. The molecule has 3 heterocycles. The summed E-state index contributed by atoms with van der Waals surface area (Å²) in [6.45, 7) is 7.66. The second-order valence-electron chi connectivity index (χ2n) is 9.42. The van der Waals surface area contributed by atoms with E-state index in [0.717, 1.165) is 36.6 Å². The molecule has 1 aromatic carbocycles. The lowest BCUT2D eigenvalue weighted by atomic mass is 10.0. The van der Waals surface area contributed by atoms with Crippen LogP contribution in [-0.2, 0) is 4.74 Å². The van der Waals surface area contributed by atoms with Gasteiger partial charge >= 0.3 is 0 Å². The largest absolute Gasteiger partial charge is 0.479 e. The van der Waals surface area contributed by atoms with Gasteiger partial charge in [-0.15, -0.1) is 0 Å². The normalized spacial score (nSPS) is 22.6. The molecule has 0 spiro atoms. The zero-order valence-corrected chi connectivity index (χ0v) is 21.1. The molecule has 7 heteroatoms. The minimum absolute atomic E-state index is 0.0560. The van der Waals surface area contributed by atoms with Crippen LogP contribution in [0.3, 0.4) is 0 Å². The maximum atomic E-state index is 13.1. The highest BCUT2D eigenvalue weighted by Gasteiger charge is 2.25. The summed E-state index contributed by atoms with van der Waals surface area (Å²) in [6, 6.07) is 10.0. The molecule has 1 aromatic heterocycles. The Balaban J connectivity index is 1.68. The number of rotatable bonds is 2. The molecular formula is C28H35N5O2. The molecule has 0 unspecified atom stereocenters. The highest BCUT2D eigenvalue weighted by molar-refractivity contribution is 6.09. The van der Waals surface area contributed by atoms with Crippen LogP contribution in [0.2, 0.25) is 0 Å². The number of benzene rings is 1. The molecule has 2 aliphatic rings. The Morgan fingerprint density at radius 2 is 2.09 bits per heavy atom. The number of nitrogens with one attached hydrogen (secondary N) is 3. The van der Waals surface area contributed by atoms with Crippen LogP contribution >= 0.6 is 0 Å². The zero-order valence-electron chi connectivity index (χ0n) is 21.1. The second-order valence-corrected chi connectivity index (χ2v) is 9.42. The second kappa shape index (κ2) is 10.8. The number of aryl methyl sites for hydroxylation is 2. The molecule has 0 fully saturated rings. The molecule has 35 heavy (non-hydrogen) atoms. The Morgan fingerprint density at radius 1 is 1.26 bits per heavy atom. The number of aromatic nitrogens is 1. The Kier molecular flexibility index (Phi) is 7.54. The van der Waals surface area contributed by atoms with Crippen molar-refractivity contribution < 1.29 is 9.53 Å². The molecule has 0 saturated heterocycles. The summed E-state index contributed by atoms with van der Waals surface area (Å²) in [7, 11) is 1.78. The van der Waals surface area contributed by atoms with Gasteiger partial charge in [0.25, 0.3) is 0 Å². The third kappa shape index (κ3) is 5.56. The summed E-state index contributed by atoms with van der Waals surface area (Å²) in [5, 5.41) is 14.6. The molecule has 1 atom stereocenters. The van der Waals surface area contributed by atoms with Crippen molar-refractivity contribution in [2.24, 2.45) is 5.92 Å². The number of carbonyl (C=O) groups is 1. The number of anilines is 2. The maximum Gasteiger partial charge on any atom is 0.197 e. The summed E-state index contributed by atoms with van der Waals surface area (Å²) in [4.78, 5) is 20.0. The van der Waals surface area contributed by atoms with Crippen molar-refractivity contribution in [1.29, 1.82) is 5.41 Å². The van der Waals surface area contributed by atoms with E-state index in [9.17, 15) is 4.79 Å². The van der Waals surface area contributed by atoms with Gasteiger partial charge in [0.15, 0.2) is 11.7 Å². The molecule has 0 saturated carbocycles. The van der Waals surface area contributed by atoms with Gasteiger partial charge in [-0.1, -0.05) is 13.0 Å². The number of hydrogen-bond acceptors (Lipinski definition) is 7. The number of pyridine rings is 1. The SMILES string of the molecule is CN/C1=C(\C=N)c2cc(cc(C)n2)C(=O)CC/C=C2\Nc3ccc(C)cc3N2C[C@H](C)CCCO1. The van der Waals surface area contributed by atoms with E-state index in [1.54, 1.807) is 13.1 Å². The van der Waals surface area contributed by atoms with Crippen LogP contribution in [0, 0.1) is 25.2 Å². The van der Waals surface area contributed by atoms with Gasteiger partial charge in [-0.05, 0) is 74.9 Å². The van der Waals surface area contributed by atoms with Gasteiger partial charge in [0.05, 0.1) is 29.2 Å². The van der Waals surface area contributed by atoms with Crippen molar-refractivity contribution in [2.75, 3.05) is 30.4 Å². The van der Waals surface area contributed by atoms with Crippen LogP contribution < -0.4 is 15.5 Å². The highest BCUT2D eigenvalue weighted by atomic mass is 16.5. The van der Waals surface area contributed by atoms with Gasteiger partial charge < -0.3 is 25.7 Å². The van der Waals surface area contributed by atoms with Gasteiger partial charge in [0, 0.05) is 37.5 Å². The van der Waals surface area contributed by atoms with Gasteiger partial charge in [-0.3, -0.25) is 9.78 Å². The topological polar surface area (TPSA) is 90.3 Å². The number of Topliss-reactive ketones (excluding diaryl/α,β-unsaturated/α-hetero) is 1. The van der Waals surface area contributed by atoms with Gasteiger partial charge in [-0.2, -0.15) is 0 Å². The lowest BCUT2D eigenvalue weighted by Crippen LogP contribution is -2.27. The lowest BCUT2D eigenvalue weighted by Gasteiger charge is -2.24. The number of allylic oxidation sites excluding steroid dienone is 2. The van der Waals surface area contributed by atoms with Crippen molar-refractivity contribution in [3.63, 3.8) is 0 Å². The Labute approximate surface area is 207 Å². The Morgan fingerprint density at radius 3 is 2.86 bits per heavy atom. The quantitative estimate of drug-likeness (QED) is 0.505. The number of ketones is 1. The minimum Gasteiger partial charge on any atom is -0.479 e. The van der Waals surface area contributed by atoms with Crippen LogP contribution in [0.5, 0.6) is 0 Å². The number of nitrogens with zero attached hydrogens (tertiary/aromatic N) is 2. The van der Waals surface area contributed by atoms with Crippen LogP contribution in [0.1, 0.15) is 59.9 Å². The first-order valence-corrected chi connectivity index (χ1v) is 12.3. The summed E-state index contributed by atoms with van der Waals surface area (Å²) >= 11 is 0. The van der Waals surface area contributed by atoms with Crippen molar-refractivity contribution in [2.45, 2.75) is 46.5 Å². The standard InChI is InChI=1S/C28H35N5O2/c1-18-10-11-23-25(13-18)33-17-19(2)7-6-12-35-28(30-4)22(16-29)24-15-21(14-20(3)31-24)26(34)8-5-9-27(33)32-23/h9-11,13-16,19,29-30,32H,5-8,12,17H2,1-4H3/b27-9+,28-22-,29-16?/t19-/m1/s1. The van der Waals surface area contributed by atoms with Crippen molar-refractivity contribution >= 4 is 28.9 Å². The molecule has 7 nitrogen and oxygen atoms in total. The number of fused-ring (bicyclic) bond motifs is 5. The Bertz CT molecular complexity index is 1180. The van der Waals surface area contributed by atoms with E-state index in [1.165, 1.54) is 17.5 Å². The van der Waals surface area contributed by atoms with Gasteiger partial charge in [-0.25, -0.2) is 0 Å². The smallest absolute Gasteiger partial charge is 0.197 e. The fourth-order valence-corrected chi connectivity index (χ4v) is 4.67. The fraction of sp³-hybridized carbons (Fsp3) is 0.393. The van der Waals surface area contributed by atoms with Gasteiger partial charge in [0.2, 0.25) is 0 Å². The predicted molar refractivity (Wildman–Crippen MR) is 142 cm³/mol. The van der Waals surface area contributed by atoms with Crippen LogP contribution in [0.4, 0.5) is 11.4 Å². The number of carbonyl (C=O) groups excluding carboxylic acids is 1. The first kappa shape index (κ1) is 24.5.